The Hall–Kier alpha value is -3.11. The molecule has 2 aromatic heterocycles. The van der Waals surface area contributed by atoms with Crippen LogP contribution >= 0.6 is 0 Å². The maximum Gasteiger partial charge on any atom is 0.451 e. The largest absolute Gasteiger partial charge is 0.493 e. The molecule has 8 nitrogen and oxygen atoms in total. The number of hydrogen-bond acceptors (Lipinski definition) is 7. The Kier molecular flexibility index (Phi) is 5.02. The molecule has 0 saturated heterocycles. The van der Waals surface area contributed by atoms with E-state index in [1.807, 2.05) is 0 Å². The molecule has 3 rings (SSSR count). The highest BCUT2D eigenvalue weighted by Gasteiger charge is 2.36. The van der Waals surface area contributed by atoms with E-state index >= 15 is 0 Å². The molecule has 2 N–H and O–H groups in total. The van der Waals surface area contributed by atoms with Gasteiger partial charge < -0.3 is 20.1 Å². The average Bonchev–Trinajstić information content (AvgIpc) is 3.37. The Morgan fingerprint density at radius 3 is 2.56 bits per heavy atom. The van der Waals surface area contributed by atoms with Crippen LogP contribution in [0.25, 0.3) is 0 Å². The topological polar surface area (TPSA) is 98.3 Å². The Balaban J connectivity index is 1.94. The summed E-state index contributed by atoms with van der Waals surface area (Å²) in [4.78, 5) is 22.1. The van der Waals surface area contributed by atoms with Crippen LogP contribution in [0.1, 0.15) is 25.6 Å². The molecule has 27 heavy (non-hydrogen) atoms. The molecule has 0 radical (unpaired) electrons. The number of rotatable bonds is 6. The van der Waals surface area contributed by atoms with Gasteiger partial charge in [-0.3, -0.25) is 4.79 Å². The van der Waals surface area contributed by atoms with Crippen molar-refractivity contribution < 1.29 is 27.4 Å². The minimum absolute atomic E-state index is 0.129. The van der Waals surface area contributed by atoms with Gasteiger partial charge in [0.25, 0.3) is 0 Å². The van der Waals surface area contributed by atoms with Gasteiger partial charge in [-0.2, -0.15) is 18.2 Å². The maximum absolute atomic E-state index is 13.1. The Morgan fingerprint density at radius 1 is 1.22 bits per heavy atom. The number of halogens is 3. The van der Waals surface area contributed by atoms with Gasteiger partial charge in [-0.25, -0.2) is 9.97 Å². The van der Waals surface area contributed by atoms with Crippen LogP contribution in [0.4, 0.5) is 30.5 Å². The van der Waals surface area contributed by atoms with E-state index in [-0.39, 0.29) is 41.0 Å². The number of methoxy groups -OCH3 is 1. The van der Waals surface area contributed by atoms with Crippen molar-refractivity contribution in [2.24, 2.45) is 0 Å². The highest BCUT2D eigenvalue weighted by molar-refractivity contribution is 5.88. The summed E-state index contributed by atoms with van der Waals surface area (Å²) in [5.41, 5.74) is 0.264. The number of anilines is 3. The van der Waals surface area contributed by atoms with E-state index in [1.165, 1.54) is 32.4 Å². The lowest BCUT2D eigenvalue weighted by atomic mass is 10.3. The van der Waals surface area contributed by atoms with Gasteiger partial charge in [0.2, 0.25) is 17.6 Å². The van der Waals surface area contributed by atoms with Crippen LogP contribution in [0, 0.1) is 0 Å². The highest BCUT2D eigenvalue weighted by Crippen LogP contribution is 2.34. The van der Waals surface area contributed by atoms with Crippen molar-refractivity contribution in [3.8, 4) is 11.6 Å². The second kappa shape index (κ2) is 7.25. The number of pyridine rings is 1. The normalized spacial score (nSPS) is 13.8. The van der Waals surface area contributed by atoms with Crippen molar-refractivity contribution in [1.29, 1.82) is 0 Å². The zero-order chi connectivity index (χ0) is 19.6. The van der Waals surface area contributed by atoms with Crippen molar-refractivity contribution in [3.05, 3.63) is 24.2 Å². The van der Waals surface area contributed by atoms with Gasteiger partial charge >= 0.3 is 6.18 Å². The second-order valence-corrected chi connectivity index (χ2v) is 5.81. The first kappa shape index (κ1) is 18.7. The summed E-state index contributed by atoms with van der Waals surface area (Å²) >= 11 is 0. The van der Waals surface area contributed by atoms with Crippen molar-refractivity contribution in [3.63, 3.8) is 0 Å². The highest BCUT2D eigenvalue weighted by atomic mass is 19.4. The third kappa shape index (κ3) is 4.96. The van der Waals surface area contributed by atoms with E-state index in [0.29, 0.717) is 0 Å². The predicted octanol–water partition coefficient (Wildman–Crippen LogP) is 3.14. The molecule has 2 aromatic rings. The first-order valence-electron chi connectivity index (χ1n) is 7.96. The molecule has 0 atom stereocenters. The van der Waals surface area contributed by atoms with Gasteiger partial charge in [-0.05, 0) is 12.8 Å². The van der Waals surface area contributed by atoms with E-state index < -0.39 is 12.0 Å². The van der Waals surface area contributed by atoms with Crippen LogP contribution < -0.4 is 20.1 Å². The van der Waals surface area contributed by atoms with Gasteiger partial charge in [0, 0.05) is 19.1 Å². The molecule has 144 valence electrons. The lowest BCUT2D eigenvalue weighted by Gasteiger charge is -2.14. The fourth-order valence-electron chi connectivity index (χ4n) is 2.12. The predicted molar refractivity (Wildman–Crippen MR) is 89.1 cm³/mol. The Morgan fingerprint density at radius 2 is 1.96 bits per heavy atom. The molecule has 0 unspecified atom stereocenters. The lowest BCUT2D eigenvalue weighted by Crippen LogP contribution is -2.14. The molecule has 1 fully saturated rings. The number of carbonyl (C=O) groups excluding carboxylic acids is 1. The summed E-state index contributed by atoms with van der Waals surface area (Å²) in [6.45, 7) is 1.31. The molecule has 11 heteroatoms. The first-order chi connectivity index (χ1) is 12.7. The van der Waals surface area contributed by atoms with Crippen LogP contribution in [-0.4, -0.2) is 34.1 Å². The number of carbonyl (C=O) groups is 1. The van der Waals surface area contributed by atoms with E-state index in [0.717, 1.165) is 12.8 Å². The molecule has 0 aliphatic heterocycles. The minimum atomic E-state index is -4.73. The molecule has 0 bridgehead atoms. The minimum Gasteiger partial charge on any atom is -0.493 e. The average molecular weight is 383 g/mol. The van der Waals surface area contributed by atoms with Crippen LogP contribution in [0.5, 0.6) is 11.6 Å². The zero-order valence-corrected chi connectivity index (χ0v) is 14.4. The van der Waals surface area contributed by atoms with Crippen molar-refractivity contribution >= 4 is 23.2 Å². The summed E-state index contributed by atoms with van der Waals surface area (Å²) in [6.07, 6.45) is -2.00. The SMILES string of the molecule is COc1cnc(NC(C)=O)cc1Nc1cc(OC2CC2)nc(C(F)(F)F)n1. The molecule has 1 aliphatic carbocycles. The standard InChI is InChI=1S/C16H16F3N5O3/c1-8(25)21-12-5-10(11(26-2)7-20-12)22-13-6-14(27-9-3-4-9)24-15(23-13)16(17,18)19/h5-7,9H,3-4H2,1-2H3,(H2,20,21,22,23,24,25). The van der Waals surface area contributed by atoms with Gasteiger partial charge in [0.1, 0.15) is 17.7 Å². The van der Waals surface area contributed by atoms with Gasteiger partial charge in [-0.15, -0.1) is 0 Å². The number of alkyl halides is 3. The number of amides is 1. The van der Waals surface area contributed by atoms with Crippen LogP contribution in [0.3, 0.4) is 0 Å². The number of aromatic nitrogens is 3. The van der Waals surface area contributed by atoms with Crippen molar-refractivity contribution in [2.45, 2.75) is 32.0 Å². The Labute approximate surface area is 152 Å². The molecule has 1 amide bonds. The summed E-state index contributed by atoms with van der Waals surface area (Å²) in [6, 6.07) is 2.68. The second-order valence-electron chi connectivity index (χ2n) is 5.81. The quantitative estimate of drug-likeness (QED) is 0.791. The van der Waals surface area contributed by atoms with E-state index in [1.54, 1.807) is 0 Å². The number of nitrogens with one attached hydrogen (secondary N) is 2. The van der Waals surface area contributed by atoms with Gasteiger partial charge in [0.15, 0.2) is 5.75 Å². The summed E-state index contributed by atoms with van der Waals surface area (Å²) in [7, 11) is 1.38. The summed E-state index contributed by atoms with van der Waals surface area (Å²) in [5, 5.41) is 5.22. The van der Waals surface area contributed by atoms with E-state index in [9.17, 15) is 18.0 Å². The van der Waals surface area contributed by atoms with Gasteiger partial charge in [-0.1, -0.05) is 0 Å². The van der Waals surface area contributed by atoms with Crippen LogP contribution in [0.15, 0.2) is 18.3 Å². The smallest absolute Gasteiger partial charge is 0.451 e. The van der Waals surface area contributed by atoms with Gasteiger partial charge in [0.05, 0.1) is 19.0 Å². The zero-order valence-electron chi connectivity index (χ0n) is 14.4. The van der Waals surface area contributed by atoms with Crippen molar-refractivity contribution in [2.75, 3.05) is 17.7 Å². The van der Waals surface area contributed by atoms with Crippen LogP contribution in [0.2, 0.25) is 0 Å². The molecular weight excluding hydrogens is 367 g/mol. The molecular formula is C16H16F3N5O3. The number of ether oxygens (including phenoxy) is 2. The third-order valence-corrected chi connectivity index (χ3v) is 3.42. The Bertz CT molecular complexity index is 856. The van der Waals surface area contributed by atoms with E-state index in [2.05, 4.69) is 25.6 Å². The molecule has 2 heterocycles. The van der Waals surface area contributed by atoms with E-state index in [4.69, 9.17) is 9.47 Å². The van der Waals surface area contributed by atoms with Crippen molar-refractivity contribution in [1.82, 2.24) is 15.0 Å². The monoisotopic (exact) mass is 383 g/mol. The lowest BCUT2D eigenvalue weighted by molar-refractivity contribution is -0.145. The fraction of sp³-hybridized carbons (Fsp3) is 0.375. The number of hydrogen-bond donors (Lipinski definition) is 2. The number of nitrogens with zero attached hydrogens (tertiary/aromatic N) is 3. The summed E-state index contributed by atoms with van der Waals surface area (Å²) < 4.78 is 49.8. The molecule has 1 aliphatic rings. The molecule has 1 saturated carbocycles. The molecule has 0 aromatic carbocycles. The third-order valence-electron chi connectivity index (χ3n) is 3.42. The molecule has 0 spiro atoms. The summed E-state index contributed by atoms with van der Waals surface area (Å²) in [5.74, 6) is -1.52. The fourth-order valence-corrected chi connectivity index (χ4v) is 2.12. The van der Waals surface area contributed by atoms with Crippen LogP contribution in [-0.2, 0) is 11.0 Å². The maximum atomic E-state index is 13.1. The first-order valence-corrected chi connectivity index (χ1v) is 7.96.